The van der Waals surface area contributed by atoms with E-state index in [1.165, 1.54) is 4.88 Å². The zero-order chi connectivity index (χ0) is 10.9. The zero-order valence-electron chi connectivity index (χ0n) is 9.98. The van der Waals surface area contributed by atoms with Crippen LogP contribution in [0.2, 0.25) is 0 Å². The molecule has 4 heteroatoms. The number of rotatable bonds is 2. The Morgan fingerprint density at radius 2 is 2.31 bits per heavy atom. The van der Waals surface area contributed by atoms with Gasteiger partial charge in [-0.05, 0) is 23.3 Å². The molecule has 2 N–H and O–H groups in total. The Morgan fingerprint density at radius 3 is 2.88 bits per heavy atom. The molecule has 1 aliphatic heterocycles. The second-order valence-electron chi connectivity index (χ2n) is 5.17. The SMILES string of the molecule is CC1(C)CN(Cc2cccs2)CCC1N.Cl. The van der Waals surface area contributed by atoms with Gasteiger partial charge in [0.1, 0.15) is 0 Å². The third-order valence-electron chi connectivity index (χ3n) is 3.35. The predicted molar refractivity (Wildman–Crippen MR) is 73.2 cm³/mol. The maximum Gasteiger partial charge on any atom is 0.0328 e. The molecule has 0 saturated carbocycles. The number of hydrogen-bond donors (Lipinski definition) is 1. The van der Waals surface area contributed by atoms with Crippen molar-refractivity contribution in [2.24, 2.45) is 11.1 Å². The minimum Gasteiger partial charge on any atom is -0.327 e. The summed E-state index contributed by atoms with van der Waals surface area (Å²) >= 11 is 1.84. The average molecular weight is 261 g/mol. The highest BCUT2D eigenvalue weighted by Gasteiger charge is 2.33. The maximum atomic E-state index is 6.12. The molecule has 1 aromatic rings. The minimum absolute atomic E-state index is 0. The van der Waals surface area contributed by atoms with Crippen LogP contribution in [0.5, 0.6) is 0 Å². The highest BCUT2D eigenvalue weighted by Crippen LogP contribution is 2.28. The quantitative estimate of drug-likeness (QED) is 0.886. The van der Waals surface area contributed by atoms with E-state index in [0.717, 1.165) is 26.1 Å². The molecule has 0 amide bonds. The summed E-state index contributed by atoms with van der Waals surface area (Å²) in [6.45, 7) is 7.90. The topological polar surface area (TPSA) is 29.3 Å². The lowest BCUT2D eigenvalue weighted by molar-refractivity contribution is 0.0907. The van der Waals surface area contributed by atoms with Gasteiger partial charge >= 0.3 is 0 Å². The molecule has 0 aliphatic carbocycles. The lowest BCUT2D eigenvalue weighted by Gasteiger charge is -2.42. The van der Waals surface area contributed by atoms with Gasteiger partial charge in [0, 0.05) is 30.6 Å². The summed E-state index contributed by atoms with van der Waals surface area (Å²) in [7, 11) is 0. The number of thiophene rings is 1. The van der Waals surface area contributed by atoms with E-state index in [1.54, 1.807) is 0 Å². The number of halogens is 1. The highest BCUT2D eigenvalue weighted by atomic mass is 35.5. The average Bonchev–Trinajstić information content (AvgIpc) is 2.63. The first-order chi connectivity index (χ1) is 7.08. The summed E-state index contributed by atoms with van der Waals surface area (Å²) in [5.41, 5.74) is 6.38. The second kappa shape index (κ2) is 5.50. The van der Waals surface area contributed by atoms with Gasteiger partial charge in [0.25, 0.3) is 0 Å². The first-order valence-electron chi connectivity index (χ1n) is 5.58. The minimum atomic E-state index is 0. The lowest BCUT2D eigenvalue weighted by Crippen LogP contribution is -2.51. The van der Waals surface area contributed by atoms with Gasteiger partial charge in [-0.1, -0.05) is 19.9 Å². The van der Waals surface area contributed by atoms with Crippen molar-refractivity contribution in [3.8, 4) is 0 Å². The fraction of sp³-hybridized carbons (Fsp3) is 0.667. The van der Waals surface area contributed by atoms with Crippen LogP contribution in [0.15, 0.2) is 17.5 Å². The molecule has 2 rings (SSSR count). The van der Waals surface area contributed by atoms with Crippen LogP contribution in [0.1, 0.15) is 25.1 Å². The molecule has 0 radical (unpaired) electrons. The van der Waals surface area contributed by atoms with Crippen molar-refractivity contribution in [3.05, 3.63) is 22.4 Å². The number of nitrogens with two attached hydrogens (primary N) is 1. The normalized spacial score (nSPS) is 25.1. The van der Waals surface area contributed by atoms with Crippen LogP contribution in [0.4, 0.5) is 0 Å². The van der Waals surface area contributed by atoms with Gasteiger partial charge in [0.15, 0.2) is 0 Å². The van der Waals surface area contributed by atoms with E-state index >= 15 is 0 Å². The van der Waals surface area contributed by atoms with E-state index in [1.807, 2.05) is 11.3 Å². The molecule has 1 unspecified atom stereocenters. The third-order valence-corrected chi connectivity index (χ3v) is 4.21. The summed E-state index contributed by atoms with van der Waals surface area (Å²) in [6.07, 6.45) is 1.12. The Hall–Kier alpha value is -0.0900. The molecule has 0 spiro atoms. The Morgan fingerprint density at radius 1 is 1.56 bits per heavy atom. The predicted octanol–water partition coefficient (Wildman–Crippen LogP) is 2.73. The van der Waals surface area contributed by atoms with Crippen molar-refractivity contribution in [2.75, 3.05) is 13.1 Å². The van der Waals surface area contributed by atoms with Gasteiger partial charge in [-0.25, -0.2) is 0 Å². The molecule has 1 atom stereocenters. The largest absolute Gasteiger partial charge is 0.327 e. The fourth-order valence-electron chi connectivity index (χ4n) is 2.24. The standard InChI is InChI=1S/C12H20N2S.ClH/c1-12(2)9-14(6-5-11(12)13)8-10-4-3-7-15-10;/h3-4,7,11H,5-6,8-9,13H2,1-2H3;1H. The first-order valence-corrected chi connectivity index (χ1v) is 6.46. The van der Waals surface area contributed by atoms with Crippen molar-refractivity contribution in [2.45, 2.75) is 32.9 Å². The number of nitrogens with zero attached hydrogens (tertiary/aromatic N) is 1. The summed E-state index contributed by atoms with van der Waals surface area (Å²) in [6, 6.07) is 4.70. The molecule has 1 fully saturated rings. The van der Waals surface area contributed by atoms with E-state index in [4.69, 9.17) is 5.73 Å². The van der Waals surface area contributed by atoms with E-state index in [9.17, 15) is 0 Å². The van der Waals surface area contributed by atoms with Crippen LogP contribution in [0, 0.1) is 5.41 Å². The van der Waals surface area contributed by atoms with E-state index in [-0.39, 0.29) is 17.8 Å². The van der Waals surface area contributed by atoms with Crippen LogP contribution in [0.25, 0.3) is 0 Å². The molecule has 0 bridgehead atoms. The molecule has 1 aromatic heterocycles. The molecular formula is C12H21ClN2S. The first kappa shape index (κ1) is 14.0. The molecule has 92 valence electrons. The molecule has 16 heavy (non-hydrogen) atoms. The zero-order valence-corrected chi connectivity index (χ0v) is 11.6. The Bertz CT molecular complexity index is 311. The third kappa shape index (κ3) is 3.20. The summed E-state index contributed by atoms with van der Waals surface area (Å²) in [4.78, 5) is 3.98. The summed E-state index contributed by atoms with van der Waals surface area (Å²) in [5, 5.41) is 2.15. The van der Waals surface area contributed by atoms with Gasteiger partial charge in [-0.2, -0.15) is 0 Å². The second-order valence-corrected chi connectivity index (χ2v) is 6.21. The van der Waals surface area contributed by atoms with E-state index in [2.05, 4.69) is 36.3 Å². The van der Waals surface area contributed by atoms with Crippen LogP contribution < -0.4 is 5.73 Å². The van der Waals surface area contributed by atoms with Crippen LogP contribution >= 0.6 is 23.7 Å². The number of piperidine rings is 1. The molecule has 1 saturated heterocycles. The summed E-state index contributed by atoms with van der Waals surface area (Å²) < 4.78 is 0. The lowest BCUT2D eigenvalue weighted by atomic mass is 9.80. The monoisotopic (exact) mass is 260 g/mol. The van der Waals surface area contributed by atoms with Crippen molar-refractivity contribution in [3.63, 3.8) is 0 Å². The molecular weight excluding hydrogens is 240 g/mol. The van der Waals surface area contributed by atoms with Crippen LogP contribution in [-0.2, 0) is 6.54 Å². The van der Waals surface area contributed by atoms with Crippen molar-refractivity contribution < 1.29 is 0 Å². The highest BCUT2D eigenvalue weighted by molar-refractivity contribution is 7.09. The molecule has 2 nitrogen and oxygen atoms in total. The maximum absolute atomic E-state index is 6.12. The van der Waals surface area contributed by atoms with E-state index < -0.39 is 0 Å². The summed E-state index contributed by atoms with van der Waals surface area (Å²) in [5.74, 6) is 0. The Kier molecular flexibility index (Phi) is 4.80. The van der Waals surface area contributed by atoms with Gasteiger partial charge < -0.3 is 5.73 Å². The van der Waals surface area contributed by atoms with Crippen LogP contribution in [0.3, 0.4) is 0 Å². The molecule has 0 aromatic carbocycles. The van der Waals surface area contributed by atoms with Crippen molar-refractivity contribution in [1.82, 2.24) is 4.90 Å². The van der Waals surface area contributed by atoms with E-state index in [0.29, 0.717) is 6.04 Å². The fourth-order valence-corrected chi connectivity index (χ4v) is 2.99. The van der Waals surface area contributed by atoms with Gasteiger partial charge in [-0.3, -0.25) is 4.90 Å². The van der Waals surface area contributed by atoms with Gasteiger partial charge in [-0.15, -0.1) is 23.7 Å². The van der Waals surface area contributed by atoms with Gasteiger partial charge in [0.05, 0.1) is 0 Å². The number of hydrogen-bond acceptors (Lipinski definition) is 3. The molecule has 1 aliphatic rings. The van der Waals surface area contributed by atoms with Crippen molar-refractivity contribution in [1.29, 1.82) is 0 Å². The van der Waals surface area contributed by atoms with Gasteiger partial charge in [0.2, 0.25) is 0 Å². The Labute approximate surface area is 108 Å². The smallest absolute Gasteiger partial charge is 0.0328 e. The molecule has 2 heterocycles. The Balaban J connectivity index is 0.00000128. The number of likely N-dealkylation sites (tertiary alicyclic amines) is 1. The van der Waals surface area contributed by atoms with Crippen molar-refractivity contribution >= 4 is 23.7 Å². The van der Waals surface area contributed by atoms with Crippen LogP contribution in [-0.4, -0.2) is 24.0 Å².